The van der Waals surface area contributed by atoms with Gasteiger partial charge >= 0.3 is 5.97 Å². The molecule has 0 bridgehead atoms. The minimum atomic E-state index is -1.59. The number of rotatable bonds is 32. The molecule has 0 heterocycles. The summed E-state index contributed by atoms with van der Waals surface area (Å²) in [5.41, 5.74) is 0. The first-order chi connectivity index (χ1) is 23.1. The fourth-order valence-corrected chi connectivity index (χ4v) is 6.26. The van der Waals surface area contributed by atoms with Crippen LogP contribution in [-0.4, -0.2) is 27.0 Å². The Kier molecular flexibility index (Phi) is 31.4. The fraction of sp³-hybridized carbons (Fsp3) is 0.750. The van der Waals surface area contributed by atoms with Crippen LogP contribution in [0.5, 0.6) is 0 Å². The molecule has 0 N–H and O–H groups in total. The summed E-state index contributed by atoms with van der Waals surface area (Å²) >= 11 is 0. The van der Waals surface area contributed by atoms with E-state index in [-0.39, 0.29) is 12.1 Å². The molecule has 1 atom stereocenters. The van der Waals surface area contributed by atoms with Crippen LogP contribution in [0.4, 0.5) is 0 Å². The van der Waals surface area contributed by atoms with Gasteiger partial charge in [0.25, 0.3) is 0 Å². The first-order valence-corrected chi connectivity index (χ1v) is 23.1. The van der Waals surface area contributed by atoms with Crippen molar-refractivity contribution >= 4 is 14.3 Å². The number of carbonyl (C=O) groups is 1. The van der Waals surface area contributed by atoms with E-state index in [1.54, 1.807) is 0 Å². The van der Waals surface area contributed by atoms with Crippen LogP contribution in [0.25, 0.3) is 0 Å². The molecule has 0 aromatic carbocycles. The Bertz CT molecular complexity index is 874. The van der Waals surface area contributed by atoms with Crippen LogP contribution in [0.15, 0.2) is 60.8 Å². The first kappa shape index (κ1) is 46.3. The lowest BCUT2D eigenvalue weighted by Crippen LogP contribution is -2.40. The summed E-state index contributed by atoms with van der Waals surface area (Å²) in [4.78, 5) is 12.6. The number of ether oxygens (including phenoxy) is 1. The van der Waals surface area contributed by atoms with Crippen LogP contribution in [0.2, 0.25) is 18.1 Å². The molecule has 0 unspecified atom stereocenters. The summed E-state index contributed by atoms with van der Waals surface area (Å²) in [5, 5.41) is 0.302. The predicted octanol–water partition coefficient (Wildman–Crippen LogP) is 14.7. The van der Waals surface area contributed by atoms with Crippen molar-refractivity contribution in [1.82, 2.24) is 0 Å². The third-order valence-corrected chi connectivity index (χ3v) is 14.0. The molecule has 0 radical (unpaired) electrons. The Morgan fingerprint density at radius 3 is 1.62 bits per heavy atom. The van der Waals surface area contributed by atoms with E-state index < -0.39 is 8.32 Å². The largest absolute Gasteiger partial charge is 0.462 e. The summed E-state index contributed by atoms with van der Waals surface area (Å²) in [7, 11) is -1.59. The Hall–Kier alpha value is -1.65. The summed E-state index contributed by atoms with van der Waals surface area (Å²) < 4.78 is 12.2. The summed E-state index contributed by atoms with van der Waals surface area (Å²) in [6, 6.07) is 0. The second kappa shape index (κ2) is 32.5. The second-order valence-corrected chi connectivity index (χ2v) is 20.0. The van der Waals surface area contributed by atoms with Gasteiger partial charge in [0, 0.05) is 19.4 Å². The van der Waals surface area contributed by atoms with Crippen LogP contribution >= 0.6 is 0 Å². The zero-order valence-corrected chi connectivity index (χ0v) is 34.0. The number of hydrogen-bond acceptors (Lipinski definition) is 3. The SMILES string of the molecule is CCCCC/C=C\C/C=C\C/C=C\C/C=C\CCCC(=O)O[C@@H](C/C=C\CCCCCCCCO[Si](C)(C)C(C)(C)C)CCCCCC. The predicted molar refractivity (Wildman–Crippen MR) is 216 cm³/mol. The molecule has 4 heteroatoms. The molecule has 0 saturated carbocycles. The molecule has 0 spiro atoms. The number of esters is 1. The van der Waals surface area contributed by atoms with Gasteiger partial charge in [-0.25, -0.2) is 0 Å². The van der Waals surface area contributed by atoms with Crippen molar-refractivity contribution in [1.29, 1.82) is 0 Å². The standard InChI is InChI=1S/C44H80O3Si/c1-8-10-12-14-15-16-17-18-19-20-21-22-23-26-29-32-36-40-43(45)47-42(38-34-13-11-9-2)39-35-31-28-25-24-27-30-33-37-41-46-48(6,7)44(3,4)5/h15-16,18-19,21-22,26,29,31,35,42H,8-14,17,20,23-25,27-28,30,32-34,36-41H2,1-7H3/b16-15-,19-18-,22-21-,29-26-,35-31-/t42-/m1/s1. The van der Waals surface area contributed by atoms with Gasteiger partial charge in [-0.05, 0) is 95.2 Å². The Balaban J connectivity index is 4.09. The number of allylic oxidation sites excluding steroid dienone is 9. The van der Waals surface area contributed by atoms with Crippen molar-refractivity contribution in [3.8, 4) is 0 Å². The van der Waals surface area contributed by atoms with Crippen molar-refractivity contribution in [2.24, 2.45) is 0 Å². The Morgan fingerprint density at radius 1 is 0.583 bits per heavy atom. The quantitative estimate of drug-likeness (QED) is 0.0306. The zero-order chi connectivity index (χ0) is 35.6. The van der Waals surface area contributed by atoms with Crippen LogP contribution < -0.4 is 0 Å². The Labute approximate surface area is 301 Å². The third kappa shape index (κ3) is 30.4. The number of unbranched alkanes of at least 4 members (excludes halogenated alkanes) is 13. The monoisotopic (exact) mass is 685 g/mol. The molecule has 0 rings (SSSR count). The van der Waals surface area contributed by atoms with E-state index in [1.807, 2.05) is 0 Å². The Morgan fingerprint density at radius 2 is 1.04 bits per heavy atom. The lowest BCUT2D eigenvalue weighted by molar-refractivity contribution is -0.149. The van der Waals surface area contributed by atoms with E-state index in [2.05, 4.69) is 108 Å². The van der Waals surface area contributed by atoms with Gasteiger partial charge < -0.3 is 9.16 Å². The molecule has 0 aliphatic carbocycles. The third-order valence-electron chi connectivity index (χ3n) is 9.49. The average Bonchev–Trinajstić information content (AvgIpc) is 3.04. The zero-order valence-electron chi connectivity index (χ0n) is 33.0. The van der Waals surface area contributed by atoms with Crippen molar-refractivity contribution in [3.05, 3.63) is 60.8 Å². The normalized spacial score (nSPS) is 13.7. The maximum atomic E-state index is 12.6. The van der Waals surface area contributed by atoms with Gasteiger partial charge in [-0.1, -0.05) is 153 Å². The molecule has 0 fully saturated rings. The summed E-state index contributed by atoms with van der Waals surface area (Å²) in [6.07, 6.45) is 48.4. The molecular formula is C44H80O3Si. The highest BCUT2D eigenvalue weighted by atomic mass is 28.4. The number of carbonyl (C=O) groups excluding carboxylic acids is 1. The molecule has 0 saturated heterocycles. The lowest BCUT2D eigenvalue weighted by Gasteiger charge is -2.36. The van der Waals surface area contributed by atoms with E-state index >= 15 is 0 Å². The second-order valence-electron chi connectivity index (χ2n) is 15.2. The van der Waals surface area contributed by atoms with Crippen LogP contribution in [0.1, 0.15) is 182 Å². The van der Waals surface area contributed by atoms with E-state index in [0.717, 1.165) is 64.4 Å². The average molecular weight is 685 g/mol. The van der Waals surface area contributed by atoms with Crippen molar-refractivity contribution < 1.29 is 14.0 Å². The van der Waals surface area contributed by atoms with Crippen molar-refractivity contribution in [2.45, 2.75) is 207 Å². The molecule has 278 valence electrons. The minimum Gasteiger partial charge on any atom is -0.462 e. The van der Waals surface area contributed by atoms with Gasteiger partial charge in [-0.3, -0.25) is 4.79 Å². The highest BCUT2D eigenvalue weighted by Gasteiger charge is 2.36. The van der Waals surface area contributed by atoms with Gasteiger partial charge in [-0.15, -0.1) is 0 Å². The van der Waals surface area contributed by atoms with Crippen molar-refractivity contribution in [2.75, 3.05) is 6.61 Å². The van der Waals surface area contributed by atoms with Gasteiger partial charge in [0.05, 0.1) is 0 Å². The molecule has 0 aliphatic rings. The van der Waals surface area contributed by atoms with Crippen LogP contribution in [-0.2, 0) is 14.0 Å². The van der Waals surface area contributed by atoms with Gasteiger partial charge in [0.15, 0.2) is 8.32 Å². The van der Waals surface area contributed by atoms with Gasteiger partial charge in [0.2, 0.25) is 0 Å². The van der Waals surface area contributed by atoms with Gasteiger partial charge in [0.1, 0.15) is 6.10 Å². The smallest absolute Gasteiger partial charge is 0.306 e. The molecule has 3 nitrogen and oxygen atoms in total. The van der Waals surface area contributed by atoms with Crippen LogP contribution in [0.3, 0.4) is 0 Å². The molecule has 0 aromatic rings. The van der Waals surface area contributed by atoms with E-state index in [4.69, 9.17) is 9.16 Å². The highest BCUT2D eigenvalue weighted by Crippen LogP contribution is 2.36. The molecule has 48 heavy (non-hydrogen) atoms. The topological polar surface area (TPSA) is 35.5 Å². The summed E-state index contributed by atoms with van der Waals surface area (Å²) in [5.74, 6) is -0.0329. The molecular weight excluding hydrogens is 605 g/mol. The maximum Gasteiger partial charge on any atom is 0.306 e. The first-order valence-electron chi connectivity index (χ1n) is 20.2. The lowest BCUT2D eigenvalue weighted by atomic mass is 10.1. The highest BCUT2D eigenvalue weighted by molar-refractivity contribution is 6.74. The minimum absolute atomic E-state index is 0.0238. The number of hydrogen-bond donors (Lipinski definition) is 0. The van der Waals surface area contributed by atoms with E-state index in [9.17, 15) is 4.79 Å². The van der Waals surface area contributed by atoms with E-state index in [1.165, 1.54) is 83.5 Å². The summed E-state index contributed by atoms with van der Waals surface area (Å²) in [6.45, 7) is 17.0. The fourth-order valence-electron chi connectivity index (χ4n) is 5.17. The van der Waals surface area contributed by atoms with Crippen molar-refractivity contribution in [3.63, 3.8) is 0 Å². The maximum absolute atomic E-state index is 12.6. The molecule has 0 aliphatic heterocycles. The van der Waals surface area contributed by atoms with Gasteiger partial charge in [-0.2, -0.15) is 0 Å². The van der Waals surface area contributed by atoms with Crippen LogP contribution in [0, 0.1) is 0 Å². The van der Waals surface area contributed by atoms with E-state index in [0.29, 0.717) is 11.5 Å². The molecule has 0 amide bonds. The molecule has 0 aromatic heterocycles.